The van der Waals surface area contributed by atoms with Gasteiger partial charge in [0.25, 0.3) is 5.91 Å². The lowest BCUT2D eigenvalue weighted by atomic mass is 10.1. The van der Waals surface area contributed by atoms with Crippen LogP contribution in [0.3, 0.4) is 0 Å². The summed E-state index contributed by atoms with van der Waals surface area (Å²) in [6, 6.07) is 5.53. The van der Waals surface area contributed by atoms with Crippen molar-refractivity contribution < 1.29 is 9.53 Å². The monoisotopic (exact) mass is 285 g/mol. The predicted molar refractivity (Wildman–Crippen MR) is 80.3 cm³/mol. The molecule has 1 aliphatic rings. The number of carbonyl (C=O) groups excluding carboxylic acids is 1. The molecule has 1 aromatic carbocycles. The molecule has 1 aromatic heterocycles. The lowest BCUT2D eigenvalue weighted by molar-refractivity contribution is 0.0724. The SMILES string of the molecule is COC1CCN(C(=O)c2ccc3nc(C)c(C)nc3c2)C1. The first-order valence-corrected chi connectivity index (χ1v) is 7.15. The van der Waals surface area contributed by atoms with Gasteiger partial charge in [-0.25, -0.2) is 9.97 Å². The summed E-state index contributed by atoms with van der Waals surface area (Å²) in [5.41, 5.74) is 4.07. The highest BCUT2D eigenvalue weighted by molar-refractivity contribution is 5.97. The third-order valence-electron chi connectivity index (χ3n) is 4.09. The number of aromatic nitrogens is 2. The molecule has 0 saturated carbocycles. The van der Waals surface area contributed by atoms with Crippen molar-refractivity contribution in [2.24, 2.45) is 0 Å². The molecule has 110 valence electrons. The van der Waals surface area contributed by atoms with E-state index >= 15 is 0 Å². The average Bonchev–Trinajstić information content (AvgIpc) is 2.96. The zero-order valence-electron chi connectivity index (χ0n) is 12.6. The van der Waals surface area contributed by atoms with Gasteiger partial charge in [-0.3, -0.25) is 4.79 Å². The highest BCUT2D eigenvalue weighted by Gasteiger charge is 2.26. The number of aryl methyl sites for hydroxylation is 2. The molecule has 2 heterocycles. The minimum atomic E-state index is 0.0384. The summed E-state index contributed by atoms with van der Waals surface area (Å²) < 4.78 is 5.31. The molecule has 0 spiro atoms. The maximum Gasteiger partial charge on any atom is 0.254 e. The number of likely N-dealkylation sites (tertiary alicyclic amines) is 1. The van der Waals surface area contributed by atoms with Crippen LogP contribution >= 0.6 is 0 Å². The zero-order valence-corrected chi connectivity index (χ0v) is 12.6. The Morgan fingerprint density at radius 3 is 2.62 bits per heavy atom. The molecule has 1 atom stereocenters. The second-order valence-corrected chi connectivity index (χ2v) is 5.50. The van der Waals surface area contributed by atoms with E-state index in [2.05, 4.69) is 9.97 Å². The number of hydrogen-bond donors (Lipinski definition) is 0. The molecule has 0 radical (unpaired) electrons. The topological polar surface area (TPSA) is 55.3 Å². The van der Waals surface area contributed by atoms with Crippen LogP contribution in [0, 0.1) is 13.8 Å². The van der Waals surface area contributed by atoms with Crippen molar-refractivity contribution in [3.63, 3.8) is 0 Å². The van der Waals surface area contributed by atoms with E-state index in [-0.39, 0.29) is 12.0 Å². The summed E-state index contributed by atoms with van der Waals surface area (Å²) in [7, 11) is 1.69. The van der Waals surface area contributed by atoms with Crippen molar-refractivity contribution >= 4 is 16.9 Å². The minimum absolute atomic E-state index is 0.0384. The second-order valence-electron chi connectivity index (χ2n) is 5.50. The molecular formula is C16H19N3O2. The Balaban J connectivity index is 1.90. The van der Waals surface area contributed by atoms with Crippen LogP contribution in [0.1, 0.15) is 28.2 Å². The third kappa shape index (κ3) is 2.61. The van der Waals surface area contributed by atoms with Gasteiger partial charge in [-0.15, -0.1) is 0 Å². The van der Waals surface area contributed by atoms with Gasteiger partial charge in [0.2, 0.25) is 0 Å². The largest absolute Gasteiger partial charge is 0.380 e. The van der Waals surface area contributed by atoms with Crippen molar-refractivity contribution in [1.82, 2.24) is 14.9 Å². The summed E-state index contributed by atoms with van der Waals surface area (Å²) in [6.45, 7) is 5.27. The van der Waals surface area contributed by atoms with Crippen molar-refractivity contribution in [2.45, 2.75) is 26.4 Å². The Bertz CT molecular complexity index is 699. The van der Waals surface area contributed by atoms with E-state index in [1.54, 1.807) is 7.11 Å². The molecule has 0 aliphatic carbocycles. The Morgan fingerprint density at radius 2 is 1.95 bits per heavy atom. The Hall–Kier alpha value is -2.01. The van der Waals surface area contributed by atoms with E-state index in [0.717, 1.165) is 35.4 Å². The summed E-state index contributed by atoms with van der Waals surface area (Å²) in [4.78, 5) is 23.4. The minimum Gasteiger partial charge on any atom is -0.380 e. The van der Waals surface area contributed by atoms with Crippen LogP contribution in [0.25, 0.3) is 11.0 Å². The Kier molecular flexibility index (Phi) is 3.59. The highest BCUT2D eigenvalue weighted by atomic mass is 16.5. The van der Waals surface area contributed by atoms with Crippen LogP contribution in [0.15, 0.2) is 18.2 Å². The molecule has 2 aromatic rings. The number of benzene rings is 1. The van der Waals surface area contributed by atoms with Gasteiger partial charge in [-0.05, 0) is 38.5 Å². The summed E-state index contributed by atoms with van der Waals surface area (Å²) in [5.74, 6) is 0.0384. The third-order valence-corrected chi connectivity index (χ3v) is 4.09. The summed E-state index contributed by atoms with van der Waals surface area (Å²) in [5, 5.41) is 0. The molecular weight excluding hydrogens is 266 g/mol. The van der Waals surface area contributed by atoms with Gasteiger partial charge in [0.05, 0.1) is 28.5 Å². The van der Waals surface area contributed by atoms with E-state index in [1.165, 1.54) is 0 Å². The van der Waals surface area contributed by atoms with Crippen LogP contribution in [-0.2, 0) is 4.74 Å². The molecule has 1 fully saturated rings. The van der Waals surface area contributed by atoms with Gasteiger partial charge < -0.3 is 9.64 Å². The molecule has 5 nitrogen and oxygen atoms in total. The Morgan fingerprint density at radius 1 is 1.24 bits per heavy atom. The van der Waals surface area contributed by atoms with E-state index in [0.29, 0.717) is 12.1 Å². The number of nitrogens with zero attached hydrogens (tertiary/aromatic N) is 3. The molecule has 1 saturated heterocycles. The maximum absolute atomic E-state index is 12.5. The van der Waals surface area contributed by atoms with Crippen LogP contribution in [0.4, 0.5) is 0 Å². The van der Waals surface area contributed by atoms with Gasteiger partial charge in [-0.2, -0.15) is 0 Å². The summed E-state index contributed by atoms with van der Waals surface area (Å²) >= 11 is 0. The van der Waals surface area contributed by atoms with Gasteiger partial charge in [0.1, 0.15) is 0 Å². The van der Waals surface area contributed by atoms with Gasteiger partial charge in [-0.1, -0.05) is 0 Å². The number of carbonyl (C=O) groups is 1. The van der Waals surface area contributed by atoms with Crippen LogP contribution in [0.5, 0.6) is 0 Å². The van der Waals surface area contributed by atoms with Crippen LogP contribution in [0.2, 0.25) is 0 Å². The number of rotatable bonds is 2. The molecule has 1 amide bonds. The van der Waals surface area contributed by atoms with Crippen molar-refractivity contribution in [3.05, 3.63) is 35.2 Å². The Labute approximate surface area is 124 Å². The molecule has 21 heavy (non-hydrogen) atoms. The summed E-state index contributed by atoms with van der Waals surface area (Å²) in [6.07, 6.45) is 1.05. The zero-order chi connectivity index (χ0) is 15.0. The first-order chi connectivity index (χ1) is 10.1. The molecule has 1 aliphatic heterocycles. The van der Waals surface area contributed by atoms with Crippen LogP contribution in [-0.4, -0.2) is 47.1 Å². The highest BCUT2D eigenvalue weighted by Crippen LogP contribution is 2.19. The standard InChI is InChI=1S/C16H19N3O2/c1-10-11(2)18-15-8-12(4-5-14(15)17-10)16(20)19-7-6-13(9-19)21-3/h4-5,8,13H,6-7,9H2,1-3H3. The number of fused-ring (bicyclic) bond motifs is 1. The smallest absolute Gasteiger partial charge is 0.254 e. The van der Waals surface area contributed by atoms with Crippen molar-refractivity contribution in [2.75, 3.05) is 20.2 Å². The lowest BCUT2D eigenvalue weighted by Gasteiger charge is -2.16. The van der Waals surface area contributed by atoms with E-state index in [1.807, 2.05) is 36.9 Å². The molecule has 3 rings (SSSR count). The van der Waals surface area contributed by atoms with Crippen LogP contribution < -0.4 is 0 Å². The van der Waals surface area contributed by atoms with E-state index in [9.17, 15) is 4.79 Å². The first kappa shape index (κ1) is 13.9. The van der Waals surface area contributed by atoms with Gasteiger partial charge in [0, 0.05) is 25.8 Å². The molecule has 5 heteroatoms. The normalized spacial score (nSPS) is 18.4. The van der Waals surface area contributed by atoms with Crippen molar-refractivity contribution in [3.8, 4) is 0 Å². The molecule has 0 N–H and O–H groups in total. The maximum atomic E-state index is 12.5. The number of methoxy groups -OCH3 is 1. The van der Waals surface area contributed by atoms with Gasteiger partial charge >= 0.3 is 0 Å². The lowest BCUT2D eigenvalue weighted by Crippen LogP contribution is -2.29. The first-order valence-electron chi connectivity index (χ1n) is 7.15. The fraction of sp³-hybridized carbons (Fsp3) is 0.438. The quantitative estimate of drug-likeness (QED) is 0.848. The van der Waals surface area contributed by atoms with Crippen molar-refractivity contribution in [1.29, 1.82) is 0 Å². The molecule has 1 unspecified atom stereocenters. The number of hydrogen-bond acceptors (Lipinski definition) is 4. The fourth-order valence-electron chi connectivity index (χ4n) is 2.65. The van der Waals surface area contributed by atoms with E-state index in [4.69, 9.17) is 4.74 Å². The van der Waals surface area contributed by atoms with Gasteiger partial charge in [0.15, 0.2) is 0 Å². The average molecular weight is 285 g/mol. The molecule has 0 bridgehead atoms. The predicted octanol–water partition coefficient (Wildman–Crippen LogP) is 2.11. The number of amides is 1. The van der Waals surface area contributed by atoms with E-state index < -0.39 is 0 Å². The second kappa shape index (κ2) is 5.41. The fourth-order valence-corrected chi connectivity index (χ4v) is 2.65. The number of ether oxygens (including phenoxy) is 1.